The van der Waals surface area contributed by atoms with E-state index < -0.39 is 0 Å². The number of carbonyl (C=O) groups is 1. The Morgan fingerprint density at radius 1 is 1.61 bits per heavy atom. The van der Waals surface area contributed by atoms with Crippen LogP contribution < -0.4 is 5.48 Å². The minimum absolute atomic E-state index is 0.0597. The molecule has 0 amide bonds. The Morgan fingerprint density at radius 2 is 2.39 bits per heavy atom. The van der Waals surface area contributed by atoms with Crippen molar-refractivity contribution >= 4 is 5.97 Å². The van der Waals surface area contributed by atoms with Gasteiger partial charge >= 0.3 is 5.97 Å². The molecule has 94 valence electrons. The van der Waals surface area contributed by atoms with Gasteiger partial charge in [-0.2, -0.15) is 10.7 Å². The molecule has 0 saturated carbocycles. The largest absolute Gasteiger partial charge is 0.469 e. The summed E-state index contributed by atoms with van der Waals surface area (Å²) >= 11 is 0. The van der Waals surface area contributed by atoms with E-state index in [9.17, 15) is 4.79 Å². The van der Waals surface area contributed by atoms with Crippen LogP contribution in [0, 0.1) is 11.3 Å². The summed E-state index contributed by atoms with van der Waals surface area (Å²) in [4.78, 5) is 16.5. The molecule has 5 heteroatoms. The molecule has 1 aliphatic rings. The number of nitrogens with zero attached hydrogens (tertiary/aromatic N) is 1. The molecular weight excluding hydrogens is 232 g/mol. The lowest BCUT2D eigenvalue weighted by Crippen LogP contribution is -2.16. The molecule has 18 heavy (non-hydrogen) atoms. The third-order valence-electron chi connectivity index (χ3n) is 2.95. The maximum atomic E-state index is 11.2. The molecule has 1 aliphatic heterocycles. The standard InChI is InChI=1S/C13H14N2O3/c1-17-13(16)7-10-6-12(15-18-10)11-5-3-2-4-9(11)8-14/h2-5,10,12,15H,6-7H2,1H3. The van der Waals surface area contributed by atoms with Gasteiger partial charge in [0.25, 0.3) is 0 Å². The molecule has 2 rings (SSSR count). The van der Waals surface area contributed by atoms with Crippen molar-refractivity contribution in [3.05, 3.63) is 35.4 Å². The summed E-state index contributed by atoms with van der Waals surface area (Å²) in [6, 6.07) is 9.45. The molecule has 0 aromatic heterocycles. The lowest BCUT2D eigenvalue weighted by Gasteiger charge is -2.09. The van der Waals surface area contributed by atoms with Gasteiger partial charge in [-0.05, 0) is 18.1 Å². The maximum Gasteiger partial charge on any atom is 0.308 e. The highest BCUT2D eigenvalue weighted by molar-refractivity contribution is 5.69. The Hall–Kier alpha value is -1.90. The Morgan fingerprint density at radius 3 is 3.11 bits per heavy atom. The Labute approximate surface area is 105 Å². The molecule has 1 fully saturated rings. The first kappa shape index (κ1) is 12.6. The van der Waals surface area contributed by atoms with Crippen molar-refractivity contribution in [3.8, 4) is 6.07 Å². The number of esters is 1. The van der Waals surface area contributed by atoms with Crippen molar-refractivity contribution in [2.75, 3.05) is 7.11 Å². The summed E-state index contributed by atoms with van der Waals surface area (Å²) in [7, 11) is 1.35. The quantitative estimate of drug-likeness (QED) is 0.817. The summed E-state index contributed by atoms with van der Waals surface area (Å²) in [5.74, 6) is -0.295. The molecule has 1 aromatic rings. The molecule has 0 bridgehead atoms. The second kappa shape index (κ2) is 5.63. The van der Waals surface area contributed by atoms with Crippen molar-refractivity contribution in [2.45, 2.75) is 25.0 Å². The fraction of sp³-hybridized carbons (Fsp3) is 0.385. The predicted molar refractivity (Wildman–Crippen MR) is 63.2 cm³/mol. The number of ether oxygens (including phenoxy) is 1. The summed E-state index contributed by atoms with van der Waals surface area (Å²) in [6.45, 7) is 0. The first-order chi connectivity index (χ1) is 8.74. The molecular formula is C13H14N2O3. The van der Waals surface area contributed by atoms with Crippen LogP contribution in [0.2, 0.25) is 0 Å². The fourth-order valence-corrected chi connectivity index (χ4v) is 2.02. The minimum atomic E-state index is -0.295. The molecule has 0 aliphatic carbocycles. The number of rotatable bonds is 3. The summed E-state index contributed by atoms with van der Waals surface area (Å²) in [5.41, 5.74) is 4.39. The van der Waals surface area contributed by atoms with Crippen LogP contribution in [0.15, 0.2) is 24.3 Å². The molecule has 0 spiro atoms. The van der Waals surface area contributed by atoms with E-state index in [0.717, 1.165) is 5.56 Å². The van der Waals surface area contributed by atoms with Crippen LogP contribution in [-0.2, 0) is 14.4 Å². The van der Waals surface area contributed by atoms with Gasteiger partial charge < -0.3 is 4.74 Å². The highest BCUT2D eigenvalue weighted by atomic mass is 16.7. The zero-order chi connectivity index (χ0) is 13.0. The molecule has 1 heterocycles. The highest BCUT2D eigenvalue weighted by Crippen LogP contribution is 2.28. The molecule has 1 aromatic carbocycles. The lowest BCUT2D eigenvalue weighted by atomic mass is 9.97. The number of benzene rings is 1. The third kappa shape index (κ3) is 2.67. The number of hydrogen-bond acceptors (Lipinski definition) is 5. The van der Waals surface area contributed by atoms with E-state index in [1.807, 2.05) is 18.2 Å². The molecule has 5 nitrogen and oxygen atoms in total. The predicted octanol–water partition coefficient (Wildman–Crippen LogP) is 1.46. The zero-order valence-electron chi connectivity index (χ0n) is 10.1. The maximum absolute atomic E-state index is 11.2. The van der Waals surface area contributed by atoms with Crippen LogP contribution in [0.5, 0.6) is 0 Å². The van der Waals surface area contributed by atoms with Gasteiger partial charge in [0.2, 0.25) is 0 Å². The van der Waals surface area contributed by atoms with Crippen molar-refractivity contribution in [2.24, 2.45) is 0 Å². The van der Waals surface area contributed by atoms with Gasteiger partial charge in [-0.3, -0.25) is 9.63 Å². The Balaban J connectivity index is 2.05. The van der Waals surface area contributed by atoms with Gasteiger partial charge in [0, 0.05) is 0 Å². The number of methoxy groups -OCH3 is 1. The van der Waals surface area contributed by atoms with Gasteiger partial charge in [0.1, 0.15) is 0 Å². The van der Waals surface area contributed by atoms with E-state index in [1.165, 1.54) is 7.11 Å². The van der Waals surface area contributed by atoms with Crippen molar-refractivity contribution in [3.63, 3.8) is 0 Å². The number of carbonyl (C=O) groups excluding carboxylic acids is 1. The van der Waals surface area contributed by atoms with E-state index in [4.69, 9.17) is 10.1 Å². The van der Waals surface area contributed by atoms with Crippen LogP contribution in [-0.4, -0.2) is 19.2 Å². The van der Waals surface area contributed by atoms with E-state index in [1.54, 1.807) is 6.07 Å². The fourth-order valence-electron chi connectivity index (χ4n) is 2.02. The first-order valence-electron chi connectivity index (χ1n) is 5.71. The number of nitriles is 1. The SMILES string of the molecule is COC(=O)CC1CC(c2ccccc2C#N)NO1. The van der Waals surface area contributed by atoms with Gasteiger partial charge in [-0.25, -0.2) is 0 Å². The van der Waals surface area contributed by atoms with Gasteiger partial charge in [-0.15, -0.1) is 0 Å². The van der Waals surface area contributed by atoms with Crippen molar-refractivity contribution in [1.82, 2.24) is 5.48 Å². The monoisotopic (exact) mass is 246 g/mol. The lowest BCUT2D eigenvalue weighted by molar-refractivity contribution is -0.143. The summed E-state index contributed by atoms with van der Waals surface area (Å²) in [6.07, 6.45) is 0.650. The highest BCUT2D eigenvalue weighted by Gasteiger charge is 2.29. The Bertz CT molecular complexity index is 481. The van der Waals surface area contributed by atoms with Gasteiger partial charge in [0.15, 0.2) is 0 Å². The number of hydrogen-bond donors (Lipinski definition) is 1. The number of hydroxylamine groups is 1. The minimum Gasteiger partial charge on any atom is -0.469 e. The van der Waals surface area contributed by atoms with Gasteiger partial charge in [-0.1, -0.05) is 18.2 Å². The number of nitrogens with one attached hydrogen (secondary N) is 1. The smallest absolute Gasteiger partial charge is 0.308 e. The normalized spacial score (nSPS) is 22.4. The van der Waals surface area contributed by atoms with Crippen LogP contribution >= 0.6 is 0 Å². The van der Waals surface area contributed by atoms with Crippen molar-refractivity contribution in [1.29, 1.82) is 5.26 Å². The molecule has 0 radical (unpaired) electrons. The van der Waals surface area contributed by atoms with Crippen LogP contribution in [0.3, 0.4) is 0 Å². The average molecular weight is 246 g/mol. The second-order valence-corrected chi connectivity index (χ2v) is 4.13. The van der Waals surface area contributed by atoms with E-state index >= 15 is 0 Å². The third-order valence-corrected chi connectivity index (χ3v) is 2.95. The topological polar surface area (TPSA) is 71.4 Å². The molecule has 2 atom stereocenters. The second-order valence-electron chi connectivity index (χ2n) is 4.13. The molecule has 2 unspecified atom stereocenters. The van der Waals surface area contributed by atoms with E-state index in [-0.39, 0.29) is 24.5 Å². The zero-order valence-corrected chi connectivity index (χ0v) is 10.1. The van der Waals surface area contributed by atoms with E-state index in [0.29, 0.717) is 12.0 Å². The van der Waals surface area contributed by atoms with Crippen LogP contribution in [0.4, 0.5) is 0 Å². The summed E-state index contributed by atoms with van der Waals surface area (Å²) in [5, 5.41) is 9.04. The molecule has 1 N–H and O–H groups in total. The average Bonchev–Trinajstić information content (AvgIpc) is 2.86. The van der Waals surface area contributed by atoms with Crippen molar-refractivity contribution < 1.29 is 14.4 Å². The van der Waals surface area contributed by atoms with Crippen LogP contribution in [0.25, 0.3) is 0 Å². The summed E-state index contributed by atoms with van der Waals surface area (Å²) < 4.78 is 4.60. The van der Waals surface area contributed by atoms with E-state index in [2.05, 4.69) is 16.3 Å². The molecule has 1 saturated heterocycles. The first-order valence-corrected chi connectivity index (χ1v) is 5.71. The Kier molecular flexibility index (Phi) is 3.92. The van der Waals surface area contributed by atoms with Crippen LogP contribution in [0.1, 0.15) is 30.0 Å². The van der Waals surface area contributed by atoms with Gasteiger partial charge in [0.05, 0.1) is 37.3 Å².